The molecule has 4 heteroatoms. The van der Waals surface area contributed by atoms with Crippen LogP contribution in [0, 0.1) is 11.8 Å². The van der Waals surface area contributed by atoms with Gasteiger partial charge in [-0.1, -0.05) is 61.4 Å². The SMILES string of the molecule is C1=NCCS1.CC1Cc2c(ccc3c(C4CCCC(C(=O)N(C)C)C4)cccc23)C2=C1CCC=C2. The van der Waals surface area contributed by atoms with Crippen LogP contribution in [0.25, 0.3) is 16.3 Å². The second kappa shape index (κ2) is 10.7. The van der Waals surface area contributed by atoms with Gasteiger partial charge in [-0.05, 0) is 83.4 Å². The second-order valence-electron chi connectivity index (χ2n) is 10.7. The van der Waals surface area contributed by atoms with E-state index in [1.165, 1.54) is 58.1 Å². The van der Waals surface area contributed by atoms with Crippen molar-refractivity contribution in [1.29, 1.82) is 0 Å². The molecule has 4 aliphatic rings. The summed E-state index contributed by atoms with van der Waals surface area (Å²) in [5.74, 6) is 2.78. The molecule has 1 amide bonds. The van der Waals surface area contributed by atoms with E-state index >= 15 is 0 Å². The molecule has 0 radical (unpaired) electrons. The van der Waals surface area contributed by atoms with Crippen molar-refractivity contribution in [3.63, 3.8) is 0 Å². The number of allylic oxidation sites excluding steroid dienone is 4. The Hall–Kier alpha value is -2.33. The molecule has 3 nitrogen and oxygen atoms in total. The van der Waals surface area contributed by atoms with E-state index < -0.39 is 0 Å². The molecule has 3 atom stereocenters. The van der Waals surface area contributed by atoms with Crippen LogP contribution in [0.5, 0.6) is 0 Å². The lowest BCUT2D eigenvalue weighted by Crippen LogP contribution is -2.32. The zero-order valence-electron chi connectivity index (χ0n) is 21.4. The summed E-state index contributed by atoms with van der Waals surface area (Å²) in [6.45, 7) is 3.43. The molecule has 2 aromatic carbocycles. The van der Waals surface area contributed by atoms with Gasteiger partial charge in [-0.3, -0.25) is 9.79 Å². The van der Waals surface area contributed by atoms with Gasteiger partial charge in [0.25, 0.3) is 0 Å². The maximum atomic E-state index is 12.6. The van der Waals surface area contributed by atoms with Crippen LogP contribution >= 0.6 is 11.8 Å². The van der Waals surface area contributed by atoms with E-state index in [9.17, 15) is 4.79 Å². The zero-order valence-corrected chi connectivity index (χ0v) is 22.2. The number of amides is 1. The van der Waals surface area contributed by atoms with Crippen LogP contribution < -0.4 is 0 Å². The maximum absolute atomic E-state index is 12.6. The molecule has 0 aromatic heterocycles. The number of hydrogen-bond donors (Lipinski definition) is 0. The molecule has 6 rings (SSSR count). The minimum atomic E-state index is 0.173. The largest absolute Gasteiger partial charge is 0.349 e. The molecular formula is C31H38N2OS. The summed E-state index contributed by atoms with van der Waals surface area (Å²) in [7, 11) is 3.78. The third-order valence-corrected chi connectivity index (χ3v) is 8.92. The van der Waals surface area contributed by atoms with Gasteiger partial charge in [0, 0.05) is 32.3 Å². The minimum absolute atomic E-state index is 0.173. The molecule has 3 unspecified atom stereocenters. The summed E-state index contributed by atoms with van der Waals surface area (Å²) in [5.41, 5.74) is 9.48. The van der Waals surface area contributed by atoms with E-state index in [2.05, 4.69) is 54.4 Å². The molecule has 1 fully saturated rings. The smallest absolute Gasteiger partial charge is 0.225 e. The van der Waals surface area contributed by atoms with Crippen LogP contribution in [0.2, 0.25) is 0 Å². The lowest BCUT2D eigenvalue weighted by molar-refractivity contribution is -0.134. The van der Waals surface area contributed by atoms with Crippen molar-refractivity contribution in [2.45, 2.75) is 57.8 Å². The number of rotatable bonds is 2. The number of hydrogen-bond acceptors (Lipinski definition) is 3. The highest BCUT2D eigenvalue weighted by Crippen LogP contribution is 2.45. The molecule has 3 aliphatic carbocycles. The summed E-state index contributed by atoms with van der Waals surface area (Å²) in [4.78, 5) is 18.3. The average Bonchev–Trinajstić information content (AvgIpc) is 3.48. The first-order valence-electron chi connectivity index (χ1n) is 13.3. The van der Waals surface area contributed by atoms with Crippen molar-refractivity contribution >= 4 is 39.6 Å². The number of fused-ring (bicyclic) bond motifs is 4. The van der Waals surface area contributed by atoms with Gasteiger partial charge in [0.2, 0.25) is 5.91 Å². The number of thioether (sulfide) groups is 1. The van der Waals surface area contributed by atoms with Gasteiger partial charge < -0.3 is 4.90 Å². The number of benzene rings is 2. The minimum Gasteiger partial charge on any atom is -0.349 e. The Bertz CT molecular complexity index is 1190. The highest BCUT2D eigenvalue weighted by Gasteiger charge is 2.31. The van der Waals surface area contributed by atoms with Gasteiger partial charge in [0.15, 0.2) is 0 Å². The molecular weight excluding hydrogens is 448 g/mol. The number of carbonyl (C=O) groups is 1. The van der Waals surface area contributed by atoms with Gasteiger partial charge in [-0.15, -0.1) is 11.8 Å². The van der Waals surface area contributed by atoms with E-state index in [0.717, 1.165) is 32.2 Å². The van der Waals surface area contributed by atoms with Crippen LogP contribution in [0.3, 0.4) is 0 Å². The van der Waals surface area contributed by atoms with Crippen LogP contribution in [-0.2, 0) is 11.2 Å². The first-order chi connectivity index (χ1) is 17.0. The van der Waals surface area contributed by atoms with Crippen LogP contribution in [0.4, 0.5) is 0 Å². The molecule has 0 N–H and O–H groups in total. The lowest BCUT2D eigenvalue weighted by Gasteiger charge is -2.32. The van der Waals surface area contributed by atoms with Gasteiger partial charge in [-0.2, -0.15) is 0 Å². The van der Waals surface area contributed by atoms with E-state index in [1.54, 1.807) is 22.2 Å². The van der Waals surface area contributed by atoms with Crippen LogP contribution in [-0.4, -0.2) is 42.7 Å². The molecule has 0 spiro atoms. The van der Waals surface area contributed by atoms with Crippen molar-refractivity contribution < 1.29 is 4.79 Å². The summed E-state index contributed by atoms with van der Waals surface area (Å²) in [6.07, 6.45) is 12.6. The highest BCUT2D eigenvalue weighted by molar-refractivity contribution is 8.12. The maximum Gasteiger partial charge on any atom is 0.225 e. The lowest BCUT2D eigenvalue weighted by atomic mass is 9.73. The molecule has 2 aromatic rings. The quantitative estimate of drug-likeness (QED) is 0.447. The Kier molecular flexibility index (Phi) is 7.48. The fourth-order valence-electron chi connectivity index (χ4n) is 6.48. The van der Waals surface area contributed by atoms with Crippen LogP contribution in [0.15, 0.2) is 53.0 Å². The van der Waals surface area contributed by atoms with E-state index in [-0.39, 0.29) is 5.92 Å². The molecule has 1 saturated carbocycles. The molecule has 184 valence electrons. The third kappa shape index (κ3) is 5.00. The van der Waals surface area contributed by atoms with Gasteiger partial charge in [0.05, 0.1) is 5.55 Å². The Morgan fingerprint density at radius 1 is 1.11 bits per heavy atom. The molecule has 0 bridgehead atoms. The normalized spacial score (nSPS) is 25.1. The van der Waals surface area contributed by atoms with Crippen molar-refractivity contribution in [2.24, 2.45) is 16.8 Å². The van der Waals surface area contributed by atoms with E-state index in [4.69, 9.17) is 0 Å². The summed E-state index contributed by atoms with van der Waals surface area (Å²) in [6, 6.07) is 11.6. The fourth-order valence-corrected chi connectivity index (χ4v) is 7.01. The van der Waals surface area contributed by atoms with E-state index in [1.807, 2.05) is 19.6 Å². The monoisotopic (exact) mass is 486 g/mol. The first kappa shape index (κ1) is 24.4. The van der Waals surface area contributed by atoms with Crippen molar-refractivity contribution in [3.05, 3.63) is 64.7 Å². The first-order valence-corrected chi connectivity index (χ1v) is 14.3. The number of carbonyl (C=O) groups excluding carboxylic acids is 1. The second-order valence-corrected chi connectivity index (χ2v) is 11.6. The van der Waals surface area contributed by atoms with Gasteiger partial charge in [0.1, 0.15) is 0 Å². The Morgan fingerprint density at radius 3 is 2.74 bits per heavy atom. The Morgan fingerprint density at radius 2 is 2.00 bits per heavy atom. The summed E-state index contributed by atoms with van der Waals surface area (Å²) < 4.78 is 0. The fraction of sp³-hybridized carbons (Fsp3) is 0.484. The predicted octanol–water partition coefficient (Wildman–Crippen LogP) is 7.26. The average molecular weight is 487 g/mol. The Balaban J connectivity index is 0.000000453. The molecule has 0 saturated heterocycles. The highest BCUT2D eigenvalue weighted by atomic mass is 32.2. The van der Waals surface area contributed by atoms with Gasteiger partial charge in [-0.25, -0.2) is 0 Å². The van der Waals surface area contributed by atoms with E-state index in [0.29, 0.717) is 17.7 Å². The predicted molar refractivity (Wildman–Crippen MR) is 151 cm³/mol. The topological polar surface area (TPSA) is 32.7 Å². The molecule has 1 aliphatic heterocycles. The number of nitrogens with zero attached hydrogens (tertiary/aromatic N) is 2. The van der Waals surface area contributed by atoms with Crippen LogP contribution in [0.1, 0.15) is 68.1 Å². The third-order valence-electron chi connectivity index (χ3n) is 8.20. The van der Waals surface area contributed by atoms with Crippen molar-refractivity contribution in [3.8, 4) is 0 Å². The van der Waals surface area contributed by atoms with Crippen molar-refractivity contribution in [2.75, 3.05) is 26.4 Å². The summed E-state index contributed by atoms with van der Waals surface area (Å²) >= 11 is 1.78. The summed E-state index contributed by atoms with van der Waals surface area (Å²) in [5, 5.41) is 2.85. The van der Waals surface area contributed by atoms with Gasteiger partial charge >= 0.3 is 0 Å². The molecule has 1 heterocycles. The standard InChI is InChI=1S/C28H33NO.C3H5NS/c1-18-16-27-24-13-7-12-22(19-8-6-9-20(17-19)28(30)29(2)3)25(24)14-15-26(27)23-11-5-4-10-21(18)23;1-2-5-3-4-1/h5,7,11-15,18-20H,4,6,8-10,16-17H2,1-3H3;3H,1-2H2. The number of aliphatic imine (C=N–C) groups is 1. The molecule has 35 heavy (non-hydrogen) atoms. The van der Waals surface area contributed by atoms with Crippen molar-refractivity contribution in [1.82, 2.24) is 4.90 Å². The Labute approximate surface area is 214 Å². The zero-order chi connectivity index (χ0) is 24.4.